The van der Waals surface area contributed by atoms with Crippen LogP contribution < -0.4 is 16.0 Å². The Kier molecular flexibility index (Phi) is 28.7. The number of aryl methyl sites for hydroxylation is 2. The molecule has 3 aliphatic heterocycles. The van der Waals surface area contributed by atoms with Crippen molar-refractivity contribution in [3.8, 4) is 0 Å². The van der Waals surface area contributed by atoms with Crippen LogP contribution >= 0.6 is 11.6 Å². The molecule has 4 fully saturated rings. The maximum Gasteiger partial charge on any atom is 0.417 e. The molecule has 2 aliphatic carbocycles. The van der Waals surface area contributed by atoms with Crippen LogP contribution in [0.4, 0.5) is 13.2 Å². The van der Waals surface area contributed by atoms with Gasteiger partial charge in [-0.25, -0.2) is 0 Å². The van der Waals surface area contributed by atoms with Crippen LogP contribution in [-0.4, -0.2) is 265 Å². The van der Waals surface area contributed by atoms with Crippen LogP contribution in [-0.2, 0) is 81.3 Å². The van der Waals surface area contributed by atoms with Gasteiger partial charge in [0.25, 0.3) is 0 Å². The minimum absolute atomic E-state index is 0.00255. The van der Waals surface area contributed by atoms with Gasteiger partial charge in [0.05, 0.1) is 43.3 Å². The summed E-state index contributed by atoms with van der Waals surface area (Å²) in [5.41, 5.74) is -0.879. The van der Waals surface area contributed by atoms with Gasteiger partial charge in [-0.3, -0.25) is 57.5 Å². The van der Waals surface area contributed by atoms with E-state index in [0.29, 0.717) is 44.1 Å². The fourth-order valence-corrected chi connectivity index (χ4v) is 15.1. The van der Waals surface area contributed by atoms with Gasteiger partial charge in [0.15, 0.2) is 0 Å². The number of alkyl halides is 3. The zero-order chi connectivity index (χ0) is 76.1. The summed E-state index contributed by atoms with van der Waals surface area (Å²) < 4.78 is 47.7. The van der Waals surface area contributed by atoms with Crippen molar-refractivity contribution in [2.24, 2.45) is 17.8 Å². The molecule has 12 amide bonds. The number of likely N-dealkylation sites (N-methyl/N-ethyl adjacent to an activating group) is 7. The zero-order valence-corrected chi connectivity index (χ0v) is 62.7. The number of ether oxygens (including phenoxy) is 1. The molecule has 0 aromatic heterocycles. The van der Waals surface area contributed by atoms with Gasteiger partial charge in [-0.1, -0.05) is 119 Å². The Morgan fingerprint density at radius 2 is 1.33 bits per heavy atom. The fourth-order valence-electron chi connectivity index (χ4n) is 14.8. The van der Waals surface area contributed by atoms with Crippen molar-refractivity contribution in [2.45, 2.75) is 197 Å². The monoisotopic (exact) mass is 1460 g/mol. The van der Waals surface area contributed by atoms with E-state index in [2.05, 4.69) is 16.0 Å². The Bertz CT molecular complexity index is 3450. The molecule has 103 heavy (non-hydrogen) atoms. The van der Waals surface area contributed by atoms with E-state index >= 15 is 28.8 Å². The van der Waals surface area contributed by atoms with E-state index < -0.39 is 173 Å². The first kappa shape index (κ1) is 82.1. The van der Waals surface area contributed by atoms with E-state index in [1.807, 2.05) is 39.8 Å². The Morgan fingerprint density at radius 1 is 0.689 bits per heavy atom. The Morgan fingerprint density at radius 3 is 1.94 bits per heavy atom. The van der Waals surface area contributed by atoms with Crippen molar-refractivity contribution in [1.29, 1.82) is 0 Å². The molecule has 2 bridgehead atoms. The van der Waals surface area contributed by atoms with Crippen molar-refractivity contribution in [3.63, 3.8) is 0 Å². The van der Waals surface area contributed by atoms with Crippen LogP contribution in [0.2, 0.25) is 5.02 Å². The molecule has 2 saturated heterocycles. The van der Waals surface area contributed by atoms with Crippen LogP contribution in [0.1, 0.15) is 140 Å². The summed E-state index contributed by atoms with van der Waals surface area (Å²) in [7, 11) is 11.3. The van der Waals surface area contributed by atoms with Crippen molar-refractivity contribution in [3.05, 3.63) is 81.9 Å². The molecule has 29 heteroatoms. The second-order valence-corrected chi connectivity index (χ2v) is 29.8. The third kappa shape index (κ3) is 20.2. The lowest BCUT2D eigenvalue weighted by Gasteiger charge is -2.42. The summed E-state index contributed by atoms with van der Waals surface area (Å²) in [6.45, 7) is 7.29. The molecule has 7 rings (SSSR count). The van der Waals surface area contributed by atoms with Crippen molar-refractivity contribution in [2.75, 3.05) is 95.8 Å². The lowest BCUT2D eigenvalue weighted by atomic mass is 9.90. The van der Waals surface area contributed by atoms with Gasteiger partial charge in [0, 0.05) is 75.9 Å². The van der Waals surface area contributed by atoms with Crippen molar-refractivity contribution < 1.29 is 75.4 Å². The van der Waals surface area contributed by atoms with E-state index in [4.69, 9.17) is 16.3 Å². The van der Waals surface area contributed by atoms with Crippen LogP contribution in [0.3, 0.4) is 0 Å². The number of halogens is 4. The molecule has 1 spiro atoms. The zero-order valence-electron chi connectivity index (χ0n) is 61.9. The molecule has 2 aromatic carbocycles. The number of hydrogen-bond donors (Lipinski definition) is 3. The summed E-state index contributed by atoms with van der Waals surface area (Å²) in [5.74, 6) is -9.58. The average Bonchev–Trinajstić information content (AvgIpc) is 1.75. The molecule has 3 heterocycles. The van der Waals surface area contributed by atoms with Crippen molar-refractivity contribution >= 4 is 82.5 Å². The Balaban J connectivity index is 1.32. The number of amides is 12. The minimum Gasteiger partial charge on any atom is -0.375 e. The van der Waals surface area contributed by atoms with E-state index in [1.165, 1.54) is 91.8 Å². The molecule has 25 nitrogen and oxygen atoms in total. The standard InChI is InChI=1S/C74H106ClF3N12O13/c1-14-47(5)62-70(100)84(9)43-61(93)86(11)58-44-103-37-20-19-35-90(69(58)99)57(40-49-27-25-46(4)26-28-49)68(98)83(8)42-59(91)79-53(32-30-48-29-31-51(52(75)39-48)74(76,77)78)66(96)89-36-21-24-54(89)65(95)81-73(33-17-18-34-73)72(102)88(13)63(50-22-15-16-23-50)71(101)87(12)56(67(97)82(6)7)41-60(92)85(10)55(38-45(2)3)64(94)80-62/h19-20,25-29,31,39,45,47,50,53-58,62-63H,14-18,21-24,30,32-38,40-44H2,1-13H3,(H,79,91)(H,80,94)(H,81,95)/b20-19-/t47-,53-,54-,55-,56-,57-,58+,62-,63+/m0/s1. The largest absolute Gasteiger partial charge is 0.417 e. The number of benzene rings is 2. The van der Waals surface area contributed by atoms with Gasteiger partial charge in [-0.05, 0) is 106 Å². The van der Waals surface area contributed by atoms with Gasteiger partial charge in [-0.15, -0.1) is 0 Å². The number of nitrogens with one attached hydrogen (secondary N) is 3. The predicted octanol–water partition coefficient (Wildman–Crippen LogP) is 5.01. The number of fused-ring (bicyclic) bond motifs is 3. The number of rotatable bonds is 11. The summed E-state index contributed by atoms with van der Waals surface area (Å²) >= 11 is 6.18. The second-order valence-electron chi connectivity index (χ2n) is 29.4. The smallest absolute Gasteiger partial charge is 0.375 e. The van der Waals surface area contributed by atoms with Crippen LogP contribution in [0.15, 0.2) is 54.6 Å². The maximum atomic E-state index is 15.6. The third-order valence-corrected chi connectivity index (χ3v) is 21.6. The molecule has 9 atom stereocenters. The molecule has 568 valence electrons. The third-order valence-electron chi connectivity index (χ3n) is 21.2. The lowest BCUT2D eigenvalue weighted by Crippen LogP contribution is -2.65. The lowest BCUT2D eigenvalue weighted by molar-refractivity contribution is -0.156. The van der Waals surface area contributed by atoms with E-state index in [1.54, 1.807) is 31.2 Å². The fraction of sp³-hybridized carbons (Fsp3) is 0.649. The molecule has 0 unspecified atom stereocenters. The molecular weight excluding hydrogens is 1360 g/mol. The molecule has 5 aliphatic rings. The topological polar surface area (TPSA) is 279 Å². The molecule has 3 N–H and O–H groups in total. The highest BCUT2D eigenvalue weighted by molar-refractivity contribution is 6.31. The van der Waals surface area contributed by atoms with Crippen LogP contribution in [0.25, 0.3) is 0 Å². The molecular formula is C74H106ClF3N12O13. The SMILES string of the molecule is CC[C@H](C)[C@@H]1NC(=O)[C@H](CC(C)C)N(C)C(=O)C[C@@H](C(=O)N(C)C)N(C)C(=O)[C@@H](C2CCCC2)N(C)C(=O)C2(CCCC2)NC(=O)[C@@H]2CCCN2C(=O)[C@H](CCc2ccc(C(F)(F)F)c(Cl)c2)NC(=O)CN(C)C(=O)[C@H](Cc2ccc(C)cc2)N2C/C=C\COC[C@H](C2=O)N(C)C(=O)CN(C)C1=O. The summed E-state index contributed by atoms with van der Waals surface area (Å²) in [6.07, 6.45) is 2.15. The summed E-state index contributed by atoms with van der Waals surface area (Å²) in [4.78, 5) is 192. The quantitative estimate of drug-likeness (QED) is 0.250. The maximum absolute atomic E-state index is 15.6. The van der Waals surface area contributed by atoms with Crippen molar-refractivity contribution in [1.82, 2.24) is 60.0 Å². The highest BCUT2D eigenvalue weighted by Crippen LogP contribution is 2.38. The highest BCUT2D eigenvalue weighted by Gasteiger charge is 2.52. The highest BCUT2D eigenvalue weighted by atomic mass is 35.5. The van der Waals surface area contributed by atoms with Gasteiger partial charge < -0.3 is 64.8 Å². The number of carbonyl (C=O) groups excluding carboxylic acids is 12. The van der Waals surface area contributed by atoms with Gasteiger partial charge in [-0.2, -0.15) is 13.2 Å². The average molecular weight is 1460 g/mol. The van der Waals surface area contributed by atoms with E-state index in [-0.39, 0.29) is 82.7 Å². The van der Waals surface area contributed by atoms with E-state index in [9.17, 15) is 41.9 Å². The number of carbonyl (C=O) groups is 12. The van der Waals surface area contributed by atoms with Gasteiger partial charge >= 0.3 is 6.18 Å². The number of nitrogens with zero attached hydrogens (tertiary/aromatic N) is 9. The van der Waals surface area contributed by atoms with Gasteiger partial charge in [0.1, 0.15) is 53.9 Å². The first-order valence-corrected chi connectivity index (χ1v) is 36.3. The number of hydrogen-bond acceptors (Lipinski definition) is 13. The summed E-state index contributed by atoms with van der Waals surface area (Å²) in [6, 6.07) is -0.233. The molecule has 0 radical (unpaired) electrons. The minimum atomic E-state index is -4.78. The van der Waals surface area contributed by atoms with E-state index in [0.717, 1.165) is 45.2 Å². The van der Waals surface area contributed by atoms with Gasteiger partial charge in [0.2, 0.25) is 70.9 Å². The molecule has 2 saturated carbocycles. The summed E-state index contributed by atoms with van der Waals surface area (Å²) in [5, 5.41) is 8.11. The predicted molar refractivity (Wildman–Crippen MR) is 379 cm³/mol. The Labute approximate surface area is 608 Å². The normalized spacial score (nSPS) is 26.1. The first-order valence-electron chi connectivity index (χ1n) is 35.9. The first-order chi connectivity index (χ1) is 48.5. The second kappa shape index (κ2) is 36.0. The molecule has 2 aromatic rings. The van der Waals surface area contributed by atoms with Crippen LogP contribution in [0.5, 0.6) is 0 Å². The van der Waals surface area contributed by atoms with Crippen LogP contribution in [0, 0.1) is 24.7 Å². The Hall–Kier alpha value is -8.14.